The zero-order chi connectivity index (χ0) is 44.9. The van der Waals surface area contributed by atoms with Gasteiger partial charge in [0, 0.05) is 44.0 Å². The van der Waals surface area contributed by atoms with Gasteiger partial charge >= 0.3 is 0 Å². The number of aliphatic hydroxyl groups excluding tert-OH is 1. The maximum atomic E-state index is 15.6. The summed E-state index contributed by atoms with van der Waals surface area (Å²) in [7, 11) is -0.958. The van der Waals surface area contributed by atoms with Crippen molar-refractivity contribution in [2.24, 2.45) is 11.0 Å². The number of hydrogen-bond acceptors (Lipinski definition) is 7. The number of allylic oxidation sites excluding steroid dienone is 3. The lowest BCUT2D eigenvalue weighted by Gasteiger charge is -2.37. The van der Waals surface area contributed by atoms with Crippen molar-refractivity contribution in [2.45, 2.75) is 96.7 Å². The van der Waals surface area contributed by atoms with Gasteiger partial charge in [0.1, 0.15) is 5.75 Å². The number of ether oxygens (including phenoxy) is 2. The first-order valence-corrected chi connectivity index (χ1v) is 25.3. The number of hydrazone groups is 1. The molecule has 1 N–H and O–H groups in total. The van der Waals surface area contributed by atoms with Crippen LogP contribution in [0.5, 0.6) is 5.75 Å². The van der Waals surface area contributed by atoms with E-state index in [1.165, 1.54) is 16.2 Å². The Kier molecular flexibility index (Phi) is 14.0. The number of fused-ring (bicyclic) bond motifs is 2. The molecule has 3 aliphatic heterocycles. The second-order valence-corrected chi connectivity index (χ2v) is 22.7. The lowest BCUT2D eigenvalue weighted by molar-refractivity contribution is -0.149. The maximum Gasteiger partial charge on any atom is 0.264 e. The molecule has 0 unspecified atom stereocenters. The molecule has 0 bridgehead atoms. The molecule has 1 fully saturated rings. The third-order valence-electron chi connectivity index (χ3n) is 13.2. The van der Waals surface area contributed by atoms with Crippen LogP contribution < -0.4 is 19.8 Å². The number of benzene rings is 4. The first-order chi connectivity index (χ1) is 30.3. The molecule has 1 saturated heterocycles. The summed E-state index contributed by atoms with van der Waals surface area (Å²) in [6.45, 7) is 13.7. The Balaban J connectivity index is 1.34. The molecule has 4 aromatic rings. The molecule has 0 aromatic heterocycles. The maximum absolute atomic E-state index is 15.6. The number of methoxy groups -OCH3 is 1. The third-order valence-corrected chi connectivity index (χ3v) is 17.6. The van der Waals surface area contributed by atoms with Crippen LogP contribution >= 0.6 is 0 Å². The molecule has 3 heterocycles. The van der Waals surface area contributed by atoms with E-state index in [2.05, 4.69) is 65.1 Å². The summed E-state index contributed by atoms with van der Waals surface area (Å²) >= 11 is 0. The molecule has 0 aliphatic carbocycles. The smallest absolute Gasteiger partial charge is 0.264 e. The second-order valence-electron chi connectivity index (χ2n) is 18.0. The second kappa shape index (κ2) is 19.4. The van der Waals surface area contributed by atoms with E-state index in [1.54, 1.807) is 12.0 Å². The predicted molar refractivity (Wildman–Crippen MR) is 254 cm³/mol. The van der Waals surface area contributed by atoms with Gasteiger partial charge in [0.15, 0.2) is 5.60 Å². The van der Waals surface area contributed by atoms with Gasteiger partial charge < -0.3 is 24.4 Å². The molecule has 11 heteroatoms. The minimum Gasteiger partial charge on any atom is -0.497 e. The number of nitrogens with zero attached hydrogens (tertiary/aromatic N) is 4. The molecule has 63 heavy (non-hydrogen) atoms. The lowest BCUT2D eigenvalue weighted by atomic mass is 9.82. The molecule has 3 amide bonds. The highest BCUT2D eigenvalue weighted by Gasteiger charge is 2.66. The summed E-state index contributed by atoms with van der Waals surface area (Å²) in [5.41, 5.74) is 5.47. The van der Waals surface area contributed by atoms with Gasteiger partial charge in [-0.15, -0.1) is 0 Å². The van der Waals surface area contributed by atoms with E-state index in [0.29, 0.717) is 37.2 Å². The fourth-order valence-electron chi connectivity index (χ4n) is 9.86. The van der Waals surface area contributed by atoms with Crippen LogP contribution in [-0.4, -0.2) is 74.4 Å². The van der Waals surface area contributed by atoms with Gasteiger partial charge in [-0.1, -0.05) is 121 Å². The Morgan fingerprint density at radius 1 is 0.952 bits per heavy atom. The average molecular weight is 867 g/mol. The Morgan fingerprint density at radius 3 is 2.32 bits per heavy atom. The zero-order valence-electron chi connectivity index (χ0n) is 37.8. The fourth-order valence-corrected chi connectivity index (χ4v) is 13.9. The predicted octanol–water partition coefficient (Wildman–Crippen LogP) is 8.89. The zero-order valence-corrected chi connectivity index (χ0v) is 38.8. The van der Waals surface area contributed by atoms with Crippen LogP contribution in [0.25, 0.3) is 0 Å². The molecular formula is C52H62N4O6Si. The average Bonchev–Trinajstić information content (AvgIpc) is 3.71. The van der Waals surface area contributed by atoms with Crippen molar-refractivity contribution >= 4 is 48.1 Å². The van der Waals surface area contributed by atoms with Crippen molar-refractivity contribution in [3.63, 3.8) is 0 Å². The highest BCUT2D eigenvalue weighted by atomic mass is 28.3. The largest absolute Gasteiger partial charge is 0.497 e. The van der Waals surface area contributed by atoms with Crippen LogP contribution in [0.3, 0.4) is 0 Å². The monoisotopic (exact) mass is 866 g/mol. The number of hydrogen-bond donors (Lipinski definition) is 1. The van der Waals surface area contributed by atoms with E-state index in [0.717, 1.165) is 46.3 Å². The number of anilines is 2. The van der Waals surface area contributed by atoms with Crippen molar-refractivity contribution < 1.29 is 29.0 Å². The Morgan fingerprint density at radius 2 is 1.65 bits per heavy atom. The summed E-state index contributed by atoms with van der Waals surface area (Å²) < 4.78 is 12.9. The van der Waals surface area contributed by atoms with Gasteiger partial charge in [0.2, 0.25) is 11.8 Å². The number of amides is 3. The molecule has 4 atom stereocenters. The van der Waals surface area contributed by atoms with E-state index in [-0.39, 0.29) is 48.8 Å². The number of carbonyl (C=O) groups excluding carboxylic acids is 3. The van der Waals surface area contributed by atoms with Crippen LogP contribution in [0, 0.1) is 5.92 Å². The van der Waals surface area contributed by atoms with E-state index >= 15 is 4.79 Å². The number of rotatable bonds is 16. The van der Waals surface area contributed by atoms with Gasteiger partial charge in [0.25, 0.3) is 5.91 Å². The van der Waals surface area contributed by atoms with Crippen LogP contribution in [-0.2, 0) is 31.3 Å². The normalized spacial score (nSPS) is 21.1. The lowest BCUT2D eigenvalue weighted by Crippen LogP contribution is -2.52. The Bertz CT molecular complexity index is 2380. The van der Waals surface area contributed by atoms with E-state index in [9.17, 15) is 14.7 Å². The number of carbonyl (C=O) groups is 3. The van der Waals surface area contributed by atoms with Gasteiger partial charge in [-0.2, -0.15) is 5.10 Å². The van der Waals surface area contributed by atoms with Crippen molar-refractivity contribution in [1.29, 1.82) is 0 Å². The molecule has 0 radical (unpaired) electrons. The summed E-state index contributed by atoms with van der Waals surface area (Å²) in [6.07, 6.45) is 6.35. The van der Waals surface area contributed by atoms with Crippen molar-refractivity contribution in [2.75, 3.05) is 36.7 Å². The van der Waals surface area contributed by atoms with Gasteiger partial charge in [-0.3, -0.25) is 14.4 Å². The molecular weight excluding hydrogens is 805 g/mol. The fraction of sp³-hybridized carbons (Fsp3) is 0.385. The minimum atomic E-state index is -2.61. The van der Waals surface area contributed by atoms with Gasteiger partial charge in [0.05, 0.1) is 51.4 Å². The first-order valence-electron chi connectivity index (χ1n) is 22.2. The standard InChI is InChI=1S/C52H62N4O6Si/c1-36(2)15-14-16-37(3)29-30-55-46-27-21-41(56-48(58)28-26-45(53-56)40-19-12-9-13-20-40)33-44(46)52(51(55)60)38(4)50(63(6,7)43-24-22-42(61-5)23-25-43)47(62-52)34-49(59)54(31-32-57)35-39-17-10-8-11-18-39/h8-13,15,17-25,27,29,33,38,47,50,57H,14,16,26,28,30-32,34-35H2,1-7H3/b37-29+/t38-,47+,50-,52+/m0/s1. The van der Waals surface area contributed by atoms with Crippen LogP contribution in [0.4, 0.5) is 11.4 Å². The highest BCUT2D eigenvalue weighted by molar-refractivity contribution is 6.91. The molecule has 7 rings (SSSR count). The number of aliphatic hydroxyl groups is 1. The summed E-state index contributed by atoms with van der Waals surface area (Å²) in [5, 5.41) is 17.7. The minimum absolute atomic E-state index is 0.0250. The van der Waals surface area contributed by atoms with Crippen molar-refractivity contribution in [3.8, 4) is 5.75 Å². The van der Waals surface area contributed by atoms with E-state index in [1.807, 2.05) is 95.9 Å². The molecule has 4 aromatic carbocycles. The van der Waals surface area contributed by atoms with Gasteiger partial charge in [-0.05, 0) is 80.6 Å². The summed E-state index contributed by atoms with van der Waals surface area (Å²) in [5.74, 6) is -0.0868. The quantitative estimate of drug-likeness (QED) is 0.0890. The third kappa shape index (κ3) is 9.37. The van der Waals surface area contributed by atoms with E-state index in [4.69, 9.17) is 14.6 Å². The van der Waals surface area contributed by atoms with Crippen LogP contribution in [0.1, 0.15) is 76.5 Å². The van der Waals surface area contributed by atoms with Gasteiger partial charge in [-0.25, -0.2) is 5.01 Å². The summed E-state index contributed by atoms with van der Waals surface area (Å²) in [4.78, 5) is 47.5. The molecule has 10 nitrogen and oxygen atoms in total. The highest BCUT2D eigenvalue weighted by Crippen LogP contribution is 2.60. The molecule has 0 saturated carbocycles. The Hall–Kier alpha value is -5.62. The molecule has 1 spiro atoms. The van der Waals surface area contributed by atoms with Crippen molar-refractivity contribution in [3.05, 3.63) is 143 Å². The molecule has 330 valence electrons. The SMILES string of the molecule is COc1ccc([Si](C)(C)[C@@H]2[C@@H](CC(=O)N(CCO)Cc3ccccc3)O[C@]3(C(=O)N(C/C=C(\C)CCC=C(C)C)c4ccc(N5N=C(c6ccccc6)CCC5=O)cc43)[C@H]2C)cc1. The van der Waals surface area contributed by atoms with Crippen LogP contribution in [0.2, 0.25) is 18.6 Å². The summed E-state index contributed by atoms with van der Waals surface area (Å²) in [6, 6.07) is 33.6. The first kappa shape index (κ1) is 45.4. The van der Waals surface area contributed by atoms with Crippen molar-refractivity contribution in [1.82, 2.24) is 4.90 Å². The topological polar surface area (TPSA) is 112 Å². The molecule has 3 aliphatic rings. The van der Waals surface area contributed by atoms with E-state index < -0.39 is 19.8 Å². The van der Waals surface area contributed by atoms with Crippen LogP contribution in [0.15, 0.2) is 132 Å². The Labute approximate surface area is 373 Å².